The van der Waals surface area contributed by atoms with Crippen molar-refractivity contribution < 1.29 is 14.3 Å². The zero-order valence-corrected chi connectivity index (χ0v) is 20.5. The fraction of sp³-hybridized carbons (Fsp3) is 0.500. The number of benzene rings is 2. The van der Waals surface area contributed by atoms with Gasteiger partial charge in [0.25, 0.3) is 0 Å². The maximum atomic E-state index is 11.3. The summed E-state index contributed by atoms with van der Waals surface area (Å²) in [5.41, 5.74) is 2.08. The lowest BCUT2D eigenvalue weighted by Crippen LogP contribution is -2.46. The minimum absolute atomic E-state index is 0.104. The number of anilines is 1. The van der Waals surface area contributed by atoms with Crippen LogP contribution < -0.4 is 14.4 Å². The molecule has 1 saturated heterocycles. The summed E-state index contributed by atoms with van der Waals surface area (Å²) in [5, 5.41) is 0.827. The Morgan fingerprint density at radius 3 is 2.41 bits per heavy atom. The van der Waals surface area contributed by atoms with Crippen molar-refractivity contribution >= 4 is 23.3 Å². The molecule has 3 rings (SSSR count). The summed E-state index contributed by atoms with van der Waals surface area (Å²) >= 11 is 6.34. The van der Waals surface area contributed by atoms with Gasteiger partial charge in [0.1, 0.15) is 11.5 Å². The van der Waals surface area contributed by atoms with Crippen LogP contribution in [0.4, 0.5) is 5.69 Å². The monoisotopic (exact) mass is 458 g/mol. The number of piperazine rings is 1. The Hall–Kier alpha value is -2.24. The van der Waals surface area contributed by atoms with Crippen LogP contribution in [0.15, 0.2) is 42.5 Å². The molecule has 174 valence electrons. The van der Waals surface area contributed by atoms with Crippen LogP contribution in [0.3, 0.4) is 0 Å². The van der Waals surface area contributed by atoms with Crippen molar-refractivity contribution in [2.45, 2.75) is 46.0 Å². The molecule has 0 radical (unpaired) electrons. The summed E-state index contributed by atoms with van der Waals surface area (Å²) in [4.78, 5) is 16.2. The first-order valence-electron chi connectivity index (χ1n) is 11.4. The second kappa shape index (κ2) is 11.1. The highest BCUT2D eigenvalue weighted by Crippen LogP contribution is 2.34. The van der Waals surface area contributed by atoms with Gasteiger partial charge in [-0.1, -0.05) is 44.5 Å². The molecule has 0 amide bonds. The van der Waals surface area contributed by atoms with E-state index in [1.807, 2.05) is 30.3 Å². The number of nitrogens with zero attached hydrogens (tertiary/aromatic N) is 2. The smallest absolute Gasteiger partial charge is 0.308 e. The van der Waals surface area contributed by atoms with E-state index in [1.54, 1.807) is 6.07 Å². The van der Waals surface area contributed by atoms with Gasteiger partial charge >= 0.3 is 5.97 Å². The number of para-hydroxylation sites is 1. The number of ether oxygens (including phenoxy) is 2. The number of hydrogen-bond donors (Lipinski definition) is 0. The summed E-state index contributed by atoms with van der Waals surface area (Å²) in [5.74, 6) is 1.11. The molecule has 1 aliphatic rings. The fourth-order valence-corrected chi connectivity index (χ4v) is 4.25. The van der Waals surface area contributed by atoms with Crippen LogP contribution in [0.25, 0.3) is 0 Å². The van der Waals surface area contributed by atoms with Crippen molar-refractivity contribution in [1.82, 2.24) is 4.90 Å². The third kappa shape index (κ3) is 6.88. The van der Waals surface area contributed by atoms with E-state index in [0.29, 0.717) is 12.4 Å². The summed E-state index contributed by atoms with van der Waals surface area (Å²) in [6, 6.07) is 13.7. The number of halogens is 1. The van der Waals surface area contributed by atoms with E-state index in [4.69, 9.17) is 21.1 Å². The summed E-state index contributed by atoms with van der Waals surface area (Å²) < 4.78 is 11.4. The number of esters is 1. The van der Waals surface area contributed by atoms with E-state index >= 15 is 0 Å². The van der Waals surface area contributed by atoms with Gasteiger partial charge in [0.15, 0.2) is 0 Å². The van der Waals surface area contributed by atoms with Crippen molar-refractivity contribution in [3.63, 3.8) is 0 Å². The normalized spacial score (nSPS) is 15.0. The van der Waals surface area contributed by atoms with Gasteiger partial charge in [-0.15, -0.1) is 0 Å². The Kier molecular flexibility index (Phi) is 8.44. The van der Waals surface area contributed by atoms with Gasteiger partial charge in [0, 0.05) is 38.7 Å². The van der Waals surface area contributed by atoms with Crippen molar-refractivity contribution in [3.8, 4) is 11.5 Å². The van der Waals surface area contributed by atoms with Crippen LogP contribution in [0, 0.1) is 0 Å². The molecule has 0 N–H and O–H groups in total. The minimum Gasteiger partial charge on any atom is -0.493 e. The summed E-state index contributed by atoms with van der Waals surface area (Å²) in [7, 11) is 0. The van der Waals surface area contributed by atoms with Crippen LogP contribution in [-0.4, -0.2) is 50.2 Å². The van der Waals surface area contributed by atoms with Crippen LogP contribution in [0.2, 0.25) is 5.02 Å². The molecule has 32 heavy (non-hydrogen) atoms. The van der Waals surface area contributed by atoms with E-state index < -0.39 is 0 Å². The summed E-state index contributed by atoms with van der Waals surface area (Å²) in [6.45, 7) is 13.7. The molecule has 6 heteroatoms. The molecule has 0 atom stereocenters. The third-order valence-electron chi connectivity index (χ3n) is 5.71. The highest BCUT2D eigenvalue weighted by atomic mass is 35.5. The molecular formula is C26H35ClN2O3. The Bertz CT molecular complexity index is 902. The molecule has 1 aliphatic heterocycles. The lowest BCUT2D eigenvalue weighted by Gasteiger charge is -2.36. The fourth-order valence-electron chi connectivity index (χ4n) is 3.99. The molecule has 2 aromatic carbocycles. The average molecular weight is 459 g/mol. The SMILES string of the molecule is CC(=O)Oc1ccc(OCCCCN2CCN(c3ccccc3Cl)CC2)c(C(C)(C)C)c1. The van der Waals surface area contributed by atoms with E-state index in [9.17, 15) is 4.79 Å². The molecule has 0 aromatic heterocycles. The maximum absolute atomic E-state index is 11.3. The largest absolute Gasteiger partial charge is 0.493 e. The Morgan fingerprint density at radius 2 is 1.75 bits per heavy atom. The molecular weight excluding hydrogens is 424 g/mol. The molecule has 1 fully saturated rings. The molecule has 5 nitrogen and oxygen atoms in total. The summed E-state index contributed by atoms with van der Waals surface area (Å²) in [6.07, 6.45) is 2.10. The van der Waals surface area contributed by atoms with Gasteiger partial charge in [-0.2, -0.15) is 0 Å². The number of rotatable bonds is 8. The van der Waals surface area contributed by atoms with Gasteiger partial charge in [-0.05, 0) is 55.1 Å². The third-order valence-corrected chi connectivity index (χ3v) is 6.03. The molecule has 0 spiro atoms. The molecule has 0 bridgehead atoms. The molecule has 1 heterocycles. The highest BCUT2D eigenvalue weighted by Gasteiger charge is 2.21. The average Bonchev–Trinajstić information content (AvgIpc) is 2.74. The van der Waals surface area contributed by atoms with E-state index in [1.165, 1.54) is 6.92 Å². The zero-order valence-electron chi connectivity index (χ0n) is 19.7. The van der Waals surface area contributed by atoms with Crippen LogP contribution in [0.5, 0.6) is 11.5 Å². The first kappa shape index (κ1) is 24.4. The number of carbonyl (C=O) groups excluding carboxylic acids is 1. The Labute approximate surface area is 197 Å². The van der Waals surface area contributed by atoms with Crippen molar-refractivity contribution in [2.24, 2.45) is 0 Å². The minimum atomic E-state index is -0.314. The van der Waals surface area contributed by atoms with Gasteiger partial charge in [0.05, 0.1) is 17.3 Å². The van der Waals surface area contributed by atoms with Crippen LogP contribution >= 0.6 is 11.6 Å². The standard InChI is InChI=1S/C26H35ClN2O3/c1-20(30)32-21-11-12-25(22(19-21)26(2,3)4)31-18-8-7-13-28-14-16-29(17-15-28)24-10-6-5-9-23(24)27/h5-6,9-12,19H,7-8,13-18H2,1-4H3. The predicted molar refractivity (Wildman–Crippen MR) is 131 cm³/mol. The van der Waals surface area contributed by atoms with E-state index in [2.05, 4.69) is 36.6 Å². The zero-order chi connectivity index (χ0) is 23.1. The second-order valence-electron chi connectivity index (χ2n) is 9.34. The number of hydrogen-bond acceptors (Lipinski definition) is 5. The quantitative estimate of drug-likeness (QED) is 0.295. The highest BCUT2D eigenvalue weighted by molar-refractivity contribution is 6.33. The molecule has 0 unspecified atom stereocenters. The number of unbranched alkanes of at least 4 members (excludes halogenated alkanes) is 1. The molecule has 0 aliphatic carbocycles. The predicted octanol–water partition coefficient (Wildman–Crippen LogP) is 5.54. The van der Waals surface area contributed by atoms with Gasteiger partial charge in [-0.3, -0.25) is 9.69 Å². The first-order valence-corrected chi connectivity index (χ1v) is 11.8. The van der Waals surface area contributed by atoms with E-state index in [-0.39, 0.29) is 11.4 Å². The van der Waals surface area contributed by atoms with Gasteiger partial charge in [-0.25, -0.2) is 0 Å². The second-order valence-corrected chi connectivity index (χ2v) is 9.74. The van der Waals surface area contributed by atoms with Gasteiger partial charge in [0.2, 0.25) is 0 Å². The Morgan fingerprint density at radius 1 is 1.03 bits per heavy atom. The number of carbonyl (C=O) groups is 1. The first-order chi connectivity index (χ1) is 15.2. The molecule has 2 aromatic rings. The lowest BCUT2D eigenvalue weighted by molar-refractivity contribution is -0.131. The topological polar surface area (TPSA) is 42.0 Å². The van der Waals surface area contributed by atoms with Crippen molar-refractivity contribution in [3.05, 3.63) is 53.1 Å². The van der Waals surface area contributed by atoms with Crippen molar-refractivity contribution in [2.75, 3.05) is 44.2 Å². The maximum Gasteiger partial charge on any atom is 0.308 e. The molecule has 0 saturated carbocycles. The Balaban J connectivity index is 1.42. The van der Waals surface area contributed by atoms with Crippen LogP contribution in [-0.2, 0) is 10.2 Å². The van der Waals surface area contributed by atoms with E-state index in [0.717, 1.165) is 67.6 Å². The lowest BCUT2D eigenvalue weighted by atomic mass is 9.86. The van der Waals surface area contributed by atoms with Crippen molar-refractivity contribution in [1.29, 1.82) is 0 Å². The van der Waals surface area contributed by atoms with Gasteiger partial charge < -0.3 is 14.4 Å². The van der Waals surface area contributed by atoms with Crippen LogP contribution in [0.1, 0.15) is 46.1 Å².